The molecule has 1 aromatic rings. The lowest BCUT2D eigenvalue weighted by molar-refractivity contribution is -0.900. The first-order chi connectivity index (χ1) is 12.3. The number of aromatic hydroxyl groups is 1. The Balaban J connectivity index is 2.13. The van der Waals surface area contributed by atoms with E-state index >= 15 is 0 Å². The molecule has 1 fully saturated rings. The monoisotopic (exact) mass is 384 g/mol. The summed E-state index contributed by atoms with van der Waals surface area (Å²) in [6.45, 7) is 8.67. The number of phenolic OH excluding ortho intramolecular Hbond substituents is 1. The van der Waals surface area contributed by atoms with Crippen LogP contribution in [0.2, 0.25) is 0 Å². The van der Waals surface area contributed by atoms with Gasteiger partial charge in [0, 0.05) is 19.0 Å². The third kappa shape index (κ3) is 4.96. The molecule has 0 saturated carbocycles. The van der Waals surface area contributed by atoms with Crippen molar-refractivity contribution < 1.29 is 23.2 Å². The minimum atomic E-state index is -3.65. The molecule has 146 valence electrons. The number of phenols is 1. The molecule has 26 heavy (non-hydrogen) atoms. The zero-order chi connectivity index (χ0) is 19.3. The number of quaternary nitrogens is 1. The van der Waals surface area contributed by atoms with E-state index in [0.29, 0.717) is 25.6 Å². The fraction of sp³-hybridized carbons (Fsp3) is 0.611. The van der Waals surface area contributed by atoms with Crippen LogP contribution >= 0.6 is 0 Å². The van der Waals surface area contributed by atoms with Crippen molar-refractivity contribution in [3.63, 3.8) is 0 Å². The molecular weight excluding hydrogens is 354 g/mol. The summed E-state index contributed by atoms with van der Waals surface area (Å²) in [5.74, 6) is 0.239. The molecule has 1 amide bonds. The van der Waals surface area contributed by atoms with Crippen LogP contribution in [0, 0.1) is 5.92 Å². The molecule has 1 aliphatic heterocycles. The van der Waals surface area contributed by atoms with E-state index in [2.05, 4.69) is 12.2 Å². The summed E-state index contributed by atoms with van der Waals surface area (Å²) < 4.78 is 26.6. The molecule has 1 saturated heterocycles. The fourth-order valence-electron chi connectivity index (χ4n) is 3.47. The molecule has 0 aliphatic carbocycles. The number of rotatable bonds is 7. The number of carbonyl (C=O) groups is 1. The lowest BCUT2D eigenvalue weighted by atomic mass is 10.0. The Kier molecular flexibility index (Phi) is 7.02. The Hall–Kier alpha value is -1.64. The van der Waals surface area contributed by atoms with Gasteiger partial charge in [-0.2, -0.15) is 4.31 Å². The Morgan fingerprint density at radius 1 is 1.35 bits per heavy atom. The van der Waals surface area contributed by atoms with Crippen LogP contribution in [0.4, 0.5) is 5.69 Å². The number of amides is 1. The van der Waals surface area contributed by atoms with E-state index in [4.69, 9.17) is 0 Å². The van der Waals surface area contributed by atoms with Crippen molar-refractivity contribution in [3.8, 4) is 5.75 Å². The van der Waals surface area contributed by atoms with Crippen LogP contribution in [-0.2, 0) is 14.8 Å². The third-order valence-corrected chi connectivity index (χ3v) is 6.91. The second-order valence-electron chi connectivity index (χ2n) is 6.94. The van der Waals surface area contributed by atoms with Crippen molar-refractivity contribution in [2.45, 2.75) is 38.5 Å². The van der Waals surface area contributed by atoms with Crippen molar-refractivity contribution in [2.75, 3.05) is 38.0 Å². The number of hydrogen-bond donors (Lipinski definition) is 3. The van der Waals surface area contributed by atoms with E-state index in [1.165, 1.54) is 33.8 Å². The van der Waals surface area contributed by atoms with Crippen molar-refractivity contribution >= 4 is 21.6 Å². The molecule has 0 radical (unpaired) electrons. The Labute approximate surface area is 156 Å². The van der Waals surface area contributed by atoms with E-state index in [-0.39, 0.29) is 22.2 Å². The highest BCUT2D eigenvalue weighted by Gasteiger charge is 2.25. The predicted molar refractivity (Wildman–Crippen MR) is 101 cm³/mol. The average Bonchev–Trinajstić information content (AvgIpc) is 2.57. The SMILES string of the molecule is CCN(CC)S(=O)(=O)c1ccc(O)c(NC(=O)C[NH+]2CCC[C@@H](C)C2)c1. The van der Waals surface area contributed by atoms with E-state index in [1.807, 2.05) is 0 Å². The quantitative estimate of drug-likeness (QED) is 0.603. The number of likely N-dealkylation sites (tertiary alicyclic amines) is 1. The maximum atomic E-state index is 12.6. The molecule has 3 N–H and O–H groups in total. The van der Waals surface area contributed by atoms with Gasteiger partial charge < -0.3 is 15.3 Å². The molecule has 7 nitrogen and oxygen atoms in total. The summed E-state index contributed by atoms with van der Waals surface area (Å²) in [5.41, 5.74) is 0.132. The lowest BCUT2D eigenvalue weighted by Crippen LogP contribution is -3.14. The summed E-state index contributed by atoms with van der Waals surface area (Å²) >= 11 is 0. The number of benzene rings is 1. The normalized spacial score (nSPS) is 20.9. The number of carbonyl (C=O) groups excluding carboxylic acids is 1. The first kappa shape index (κ1) is 20.7. The standard InChI is InChI=1S/C18H29N3O4S/c1-4-21(5-2)26(24,25)15-8-9-17(22)16(11-15)19-18(23)13-20-10-6-7-14(3)12-20/h8-9,11,14,22H,4-7,10,12-13H2,1-3H3,(H,19,23)/p+1/t14-/m1/s1. The predicted octanol–water partition coefficient (Wildman–Crippen LogP) is 0.676. The van der Waals surface area contributed by atoms with Crippen molar-refractivity contribution in [1.29, 1.82) is 0 Å². The van der Waals surface area contributed by atoms with Crippen LogP contribution in [0.25, 0.3) is 0 Å². The van der Waals surface area contributed by atoms with E-state index < -0.39 is 10.0 Å². The van der Waals surface area contributed by atoms with E-state index in [9.17, 15) is 18.3 Å². The Morgan fingerprint density at radius 3 is 2.65 bits per heavy atom. The van der Waals surface area contributed by atoms with Gasteiger partial charge in [0.25, 0.3) is 5.91 Å². The van der Waals surface area contributed by atoms with Crippen LogP contribution in [-0.4, -0.2) is 56.5 Å². The number of nitrogens with zero attached hydrogens (tertiary/aromatic N) is 1. The first-order valence-corrected chi connectivity index (χ1v) is 10.7. The van der Waals surface area contributed by atoms with Crippen molar-refractivity contribution in [1.82, 2.24) is 4.31 Å². The van der Waals surface area contributed by atoms with Gasteiger partial charge in [0.15, 0.2) is 6.54 Å². The minimum absolute atomic E-state index is 0.0632. The number of piperidine rings is 1. The molecule has 0 spiro atoms. The van der Waals surface area contributed by atoms with Crippen LogP contribution in [0.5, 0.6) is 5.75 Å². The molecule has 8 heteroatoms. The molecular formula is C18H30N3O4S+. The molecule has 2 atom stereocenters. The van der Waals surface area contributed by atoms with Crippen LogP contribution in [0.1, 0.15) is 33.6 Å². The molecule has 2 rings (SSSR count). The van der Waals surface area contributed by atoms with Gasteiger partial charge in [0.2, 0.25) is 10.0 Å². The van der Waals surface area contributed by atoms with Crippen molar-refractivity contribution in [3.05, 3.63) is 18.2 Å². The van der Waals surface area contributed by atoms with Gasteiger partial charge >= 0.3 is 0 Å². The lowest BCUT2D eigenvalue weighted by Gasteiger charge is -2.27. The molecule has 1 unspecified atom stereocenters. The second-order valence-corrected chi connectivity index (χ2v) is 8.88. The molecule has 1 heterocycles. The highest BCUT2D eigenvalue weighted by atomic mass is 32.2. The Morgan fingerprint density at radius 2 is 2.04 bits per heavy atom. The summed E-state index contributed by atoms with van der Waals surface area (Å²) in [4.78, 5) is 13.6. The third-order valence-electron chi connectivity index (χ3n) is 4.86. The van der Waals surface area contributed by atoms with Gasteiger partial charge in [-0.25, -0.2) is 8.42 Å². The smallest absolute Gasteiger partial charge is 0.279 e. The maximum absolute atomic E-state index is 12.6. The Bertz CT molecular complexity index is 732. The molecule has 0 bridgehead atoms. The average molecular weight is 385 g/mol. The zero-order valence-corrected chi connectivity index (χ0v) is 16.6. The second kappa shape index (κ2) is 8.83. The van der Waals surface area contributed by atoms with Gasteiger partial charge in [-0.1, -0.05) is 20.8 Å². The molecule has 1 aliphatic rings. The number of sulfonamides is 1. The van der Waals surface area contributed by atoms with Gasteiger partial charge in [-0.3, -0.25) is 4.79 Å². The van der Waals surface area contributed by atoms with Gasteiger partial charge in [-0.05, 0) is 31.0 Å². The molecule has 1 aromatic carbocycles. The summed E-state index contributed by atoms with van der Waals surface area (Å²) in [6, 6.07) is 3.99. The van der Waals surface area contributed by atoms with E-state index in [0.717, 1.165) is 19.5 Å². The largest absolute Gasteiger partial charge is 0.506 e. The van der Waals surface area contributed by atoms with Crippen LogP contribution in [0.3, 0.4) is 0 Å². The summed E-state index contributed by atoms with van der Waals surface area (Å²) in [6.07, 6.45) is 2.30. The van der Waals surface area contributed by atoms with Crippen LogP contribution < -0.4 is 10.2 Å². The highest BCUT2D eigenvalue weighted by Crippen LogP contribution is 2.27. The zero-order valence-electron chi connectivity index (χ0n) is 15.8. The maximum Gasteiger partial charge on any atom is 0.279 e. The summed E-state index contributed by atoms with van der Waals surface area (Å²) in [7, 11) is -3.65. The molecule has 0 aromatic heterocycles. The number of anilines is 1. The highest BCUT2D eigenvalue weighted by molar-refractivity contribution is 7.89. The minimum Gasteiger partial charge on any atom is -0.506 e. The van der Waals surface area contributed by atoms with Gasteiger partial charge in [0.05, 0.1) is 23.7 Å². The first-order valence-electron chi connectivity index (χ1n) is 9.24. The van der Waals surface area contributed by atoms with Gasteiger partial charge in [0.1, 0.15) is 5.75 Å². The number of hydrogen-bond acceptors (Lipinski definition) is 4. The fourth-order valence-corrected chi connectivity index (χ4v) is 4.95. The summed E-state index contributed by atoms with van der Waals surface area (Å²) in [5, 5.41) is 12.7. The number of nitrogens with one attached hydrogen (secondary N) is 2. The van der Waals surface area contributed by atoms with E-state index in [1.54, 1.807) is 13.8 Å². The van der Waals surface area contributed by atoms with Crippen molar-refractivity contribution in [2.24, 2.45) is 5.92 Å². The van der Waals surface area contributed by atoms with Gasteiger partial charge in [-0.15, -0.1) is 0 Å². The van der Waals surface area contributed by atoms with Crippen LogP contribution in [0.15, 0.2) is 23.1 Å². The topological polar surface area (TPSA) is 91.2 Å².